The van der Waals surface area contributed by atoms with Crippen molar-refractivity contribution in [2.75, 3.05) is 6.54 Å². The monoisotopic (exact) mass is 255 g/mol. The Balaban J connectivity index is 2.41. The summed E-state index contributed by atoms with van der Waals surface area (Å²) in [5, 5.41) is 10.3. The Morgan fingerprint density at radius 3 is 2.00 bits per heavy atom. The molecule has 2 aromatic rings. The first kappa shape index (κ1) is 13.8. The molecule has 0 spiro atoms. The number of nitrogens with two attached hydrogens (primary N) is 1. The van der Waals surface area contributed by atoms with Crippen LogP contribution in [0.5, 0.6) is 0 Å². The maximum atomic E-state index is 10.3. The third kappa shape index (κ3) is 2.86. The van der Waals surface area contributed by atoms with E-state index >= 15 is 0 Å². The molecule has 2 unspecified atom stereocenters. The minimum atomic E-state index is -0.500. The second-order valence-corrected chi connectivity index (χ2v) is 5.06. The van der Waals surface area contributed by atoms with Gasteiger partial charge in [-0.15, -0.1) is 0 Å². The molecule has 3 N–H and O–H groups in total. The topological polar surface area (TPSA) is 46.2 Å². The molecule has 0 aliphatic rings. The van der Waals surface area contributed by atoms with E-state index < -0.39 is 11.5 Å². The predicted molar refractivity (Wildman–Crippen MR) is 79.0 cm³/mol. The van der Waals surface area contributed by atoms with E-state index in [0.29, 0.717) is 6.54 Å². The van der Waals surface area contributed by atoms with Gasteiger partial charge in [-0.25, -0.2) is 0 Å². The maximum Gasteiger partial charge on any atom is 0.0624 e. The Morgan fingerprint density at radius 2 is 1.53 bits per heavy atom. The van der Waals surface area contributed by atoms with Crippen molar-refractivity contribution in [2.24, 2.45) is 5.73 Å². The van der Waals surface area contributed by atoms with Crippen molar-refractivity contribution in [1.29, 1.82) is 0 Å². The van der Waals surface area contributed by atoms with Gasteiger partial charge in [0.1, 0.15) is 0 Å². The molecule has 2 heteroatoms. The van der Waals surface area contributed by atoms with Crippen LogP contribution in [0.4, 0.5) is 0 Å². The van der Waals surface area contributed by atoms with Gasteiger partial charge >= 0.3 is 0 Å². The highest BCUT2D eigenvalue weighted by Gasteiger charge is 2.35. The summed E-state index contributed by atoms with van der Waals surface area (Å²) in [5.74, 6) is 0. The summed E-state index contributed by atoms with van der Waals surface area (Å²) >= 11 is 0. The van der Waals surface area contributed by atoms with E-state index in [1.165, 1.54) is 5.56 Å². The fourth-order valence-electron chi connectivity index (χ4n) is 2.58. The summed E-state index contributed by atoms with van der Waals surface area (Å²) < 4.78 is 0. The average molecular weight is 255 g/mol. The van der Waals surface area contributed by atoms with Gasteiger partial charge in [0.25, 0.3) is 0 Å². The lowest BCUT2D eigenvalue weighted by molar-refractivity contribution is 0.100. The molecule has 19 heavy (non-hydrogen) atoms. The molecule has 2 nitrogen and oxygen atoms in total. The first-order valence-electron chi connectivity index (χ1n) is 6.66. The van der Waals surface area contributed by atoms with Crippen molar-refractivity contribution < 1.29 is 5.11 Å². The summed E-state index contributed by atoms with van der Waals surface area (Å²) in [6, 6.07) is 20.2. The van der Waals surface area contributed by atoms with E-state index in [1.54, 1.807) is 0 Å². The first-order valence-corrected chi connectivity index (χ1v) is 6.66. The summed E-state index contributed by atoms with van der Waals surface area (Å²) in [4.78, 5) is 0. The number of hydrogen-bond donors (Lipinski definition) is 2. The van der Waals surface area contributed by atoms with Gasteiger partial charge in [0.15, 0.2) is 0 Å². The number of hydrogen-bond acceptors (Lipinski definition) is 2. The zero-order valence-corrected chi connectivity index (χ0v) is 11.3. The molecule has 0 aromatic heterocycles. The Labute approximate surface area is 114 Å². The predicted octanol–water partition coefficient (Wildman–Crippen LogP) is 2.51. The molecule has 0 heterocycles. The van der Waals surface area contributed by atoms with Gasteiger partial charge < -0.3 is 10.8 Å². The average Bonchev–Trinajstić information content (AvgIpc) is 2.46. The van der Waals surface area contributed by atoms with Crippen molar-refractivity contribution in [1.82, 2.24) is 0 Å². The highest BCUT2D eigenvalue weighted by molar-refractivity contribution is 5.31. The second kappa shape index (κ2) is 6.00. The first-order chi connectivity index (χ1) is 9.19. The van der Waals surface area contributed by atoms with Crippen molar-refractivity contribution in [3.05, 3.63) is 71.8 Å². The van der Waals surface area contributed by atoms with Gasteiger partial charge in [0, 0.05) is 12.0 Å². The molecule has 2 aromatic carbocycles. The summed E-state index contributed by atoms with van der Waals surface area (Å²) in [6.07, 6.45) is 0.242. The van der Waals surface area contributed by atoms with E-state index in [0.717, 1.165) is 12.0 Å². The van der Waals surface area contributed by atoms with E-state index in [-0.39, 0.29) is 0 Å². The second-order valence-electron chi connectivity index (χ2n) is 5.06. The molecular weight excluding hydrogens is 234 g/mol. The zero-order chi connectivity index (χ0) is 13.7. The number of rotatable bonds is 5. The summed E-state index contributed by atoms with van der Waals surface area (Å²) in [6.45, 7) is 2.24. The van der Waals surface area contributed by atoms with Crippen LogP contribution < -0.4 is 5.73 Å². The smallest absolute Gasteiger partial charge is 0.0624 e. The standard InChI is InChI=1S/C17H21NO/c1-14(19)17(13-18,16-10-6-3-7-11-16)12-15-8-4-2-5-9-15/h2-11,14,19H,12-13,18H2,1H3. The molecule has 100 valence electrons. The Morgan fingerprint density at radius 1 is 1.00 bits per heavy atom. The Hall–Kier alpha value is -1.64. The zero-order valence-electron chi connectivity index (χ0n) is 11.3. The normalized spacial score (nSPS) is 15.7. The molecule has 0 aliphatic carbocycles. The fourth-order valence-corrected chi connectivity index (χ4v) is 2.58. The van der Waals surface area contributed by atoms with Crippen molar-refractivity contribution >= 4 is 0 Å². The highest BCUT2D eigenvalue weighted by atomic mass is 16.3. The fraction of sp³-hybridized carbons (Fsp3) is 0.294. The van der Waals surface area contributed by atoms with Gasteiger partial charge in [-0.2, -0.15) is 0 Å². The van der Waals surface area contributed by atoms with Crippen molar-refractivity contribution in [3.8, 4) is 0 Å². The van der Waals surface area contributed by atoms with E-state index in [2.05, 4.69) is 12.1 Å². The summed E-state index contributed by atoms with van der Waals surface area (Å²) in [7, 11) is 0. The minimum Gasteiger partial charge on any atom is -0.392 e. The number of benzene rings is 2. The Kier molecular flexibility index (Phi) is 4.35. The lowest BCUT2D eigenvalue weighted by atomic mass is 9.72. The highest BCUT2D eigenvalue weighted by Crippen LogP contribution is 2.31. The van der Waals surface area contributed by atoms with E-state index in [4.69, 9.17) is 5.73 Å². The molecule has 2 atom stereocenters. The molecular formula is C17H21NO. The van der Waals surface area contributed by atoms with Crippen LogP contribution in [0.1, 0.15) is 18.1 Å². The van der Waals surface area contributed by atoms with Crippen LogP contribution in [0.15, 0.2) is 60.7 Å². The maximum absolute atomic E-state index is 10.3. The Bertz CT molecular complexity index is 495. The van der Waals surface area contributed by atoms with Crippen LogP contribution in [0.2, 0.25) is 0 Å². The third-order valence-corrected chi connectivity index (χ3v) is 3.88. The van der Waals surface area contributed by atoms with Gasteiger partial charge in [-0.3, -0.25) is 0 Å². The molecule has 0 fully saturated rings. The van der Waals surface area contributed by atoms with Crippen LogP contribution >= 0.6 is 0 Å². The lowest BCUT2D eigenvalue weighted by Gasteiger charge is -2.36. The number of aliphatic hydroxyl groups is 1. The lowest BCUT2D eigenvalue weighted by Crippen LogP contribution is -2.46. The molecule has 2 rings (SSSR count). The number of aliphatic hydroxyl groups excluding tert-OH is 1. The van der Waals surface area contributed by atoms with Gasteiger partial charge in [0.2, 0.25) is 0 Å². The molecule has 0 aliphatic heterocycles. The molecule has 0 saturated carbocycles. The van der Waals surface area contributed by atoms with Crippen LogP contribution in [0.3, 0.4) is 0 Å². The van der Waals surface area contributed by atoms with Gasteiger partial charge in [-0.1, -0.05) is 60.7 Å². The van der Waals surface area contributed by atoms with Crippen molar-refractivity contribution in [3.63, 3.8) is 0 Å². The van der Waals surface area contributed by atoms with Crippen molar-refractivity contribution in [2.45, 2.75) is 24.9 Å². The van der Waals surface area contributed by atoms with Crippen LogP contribution in [-0.2, 0) is 11.8 Å². The van der Waals surface area contributed by atoms with Gasteiger partial charge in [-0.05, 0) is 24.5 Å². The third-order valence-electron chi connectivity index (χ3n) is 3.88. The van der Waals surface area contributed by atoms with Crippen LogP contribution in [0.25, 0.3) is 0 Å². The SMILES string of the molecule is CC(O)C(CN)(Cc1ccccc1)c1ccccc1. The minimum absolute atomic E-state index is 0.420. The molecule has 0 radical (unpaired) electrons. The molecule has 0 saturated heterocycles. The van der Waals surface area contributed by atoms with Gasteiger partial charge in [0.05, 0.1) is 6.10 Å². The largest absolute Gasteiger partial charge is 0.392 e. The molecule has 0 bridgehead atoms. The van der Waals surface area contributed by atoms with E-state index in [9.17, 15) is 5.11 Å². The van der Waals surface area contributed by atoms with E-state index in [1.807, 2.05) is 55.5 Å². The molecule has 0 amide bonds. The quantitative estimate of drug-likeness (QED) is 0.862. The summed E-state index contributed by atoms with van der Waals surface area (Å²) in [5.41, 5.74) is 7.89. The van der Waals surface area contributed by atoms with Crippen LogP contribution in [0, 0.1) is 0 Å². The van der Waals surface area contributed by atoms with Crippen LogP contribution in [-0.4, -0.2) is 17.8 Å².